The molecule has 0 aromatic heterocycles. The third-order valence-electron chi connectivity index (χ3n) is 4.88. The molecule has 30 heavy (non-hydrogen) atoms. The van der Waals surface area contributed by atoms with Crippen molar-refractivity contribution in [1.29, 1.82) is 0 Å². The van der Waals surface area contributed by atoms with Gasteiger partial charge in [0.1, 0.15) is 0 Å². The molecule has 1 amide bonds. The molecule has 0 N–H and O–H groups in total. The molecule has 1 aliphatic rings. The lowest BCUT2D eigenvalue weighted by Crippen LogP contribution is -2.49. The number of rotatable bonds is 7. The summed E-state index contributed by atoms with van der Waals surface area (Å²) in [5, 5.41) is 1.21. The van der Waals surface area contributed by atoms with E-state index in [-0.39, 0.29) is 31.1 Å². The summed E-state index contributed by atoms with van der Waals surface area (Å²) in [5.74, 6) is -0.978. The molecular weight excluding hydrogens is 427 g/mol. The predicted molar refractivity (Wildman–Crippen MR) is 116 cm³/mol. The fraction of sp³-hybridized carbons (Fsp3) is 0.318. The number of piperazine rings is 1. The Morgan fingerprint density at radius 3 is 2.23 bits per heavy atom. The monoisotopic (exact) mass is 448 g/mol. The van der Waals surface area contributed by atoms with Gasteiger partial charge in [-0.05, 0) is 42.5 Å². The van der Waals surface area contributed by atoms with Crippen molar-refractivity contribution in [3.05, 3.63) is 64.1 Å². The number of carbonyl (C=O) groups is 3. The standard InChI is InChI=1S/C22H22Cl2N2O4/c23-17-6-4-16(5-7-17)20(27)8-9-22(29)30-15-21(28)26-12-10-25(11-13-26)19-3-1-2-18(24)14-19/h1-7,14H,8-13,15H2. The van der Waals surface area contributed by atoms with Gasteiger partial charge in [-0.15, -0.1) is 0 Å². The molecule has 0 spiro atoms. The maximum Gasteiger partial charge on any atom is 0.306 e. The Bertz CT molecular complexity index is 910. The topological polar surface area (TPSA) is 66.9 Å². The minimum absolute atomic E-state index is 0.0208. The number of amides is 1. The van der Waals surface area contributed by atoms with Gasteiger partial charge in [-0.3, -0.25) is 14.4 Å². The molecule has 1 fully saturated rings. The molecule has 2 aromatic rings. The van der Waals surface area contributed by atoms with E-state index < -0.39 is 5.97 Å². The first-order chi connectivity index (χ1) is 14.4. The van der Waals surface area contributed by atoms with Crippen LogP contribution in [0.4, 0.5) is 5.69 Å². The molecule has 0 bridgehead atoms. The summed E-state index contributed by atoms with van der Waals surface area (Å²) in [4.78, 5) is 40.1. The van der Waals surface area contributed by atoms with Crippen LogP contribution in [0, 0.1) is 0 Å². The van der Waals surface area contributed by atoms with E-state index in [0.29, 0.717) is 41.8 Å². The maximum absolute atomic E-state index is 12.3. The first-order valence-corrected chi connectivity index (χ1v) is 10.4. The van der Waals surface area contributed by atoms with Crippen molar-refractivity contribution >= 4 is 46.5 Å². The summed E-state index contributed by atoms with van der Waals surface area (Å²) >= 11 is 11.8. The van der Waals surface area contributed by atoms with Crippen LogP contribution in [0.25, 0.3) is 0 Å². The number of hydrogen-bond donors (Lipinski definition) is 0. The molecule has 6 nitrogen and oxygen atoms in total. The van der Waals surface area contributed by atoms with Gasteiger partial charge >= 0.3 is 5.97 Å². The van der Waals surface area contributed by atoms with Crippen molar-refractivity contribution in [3.63, 3.8) is 0 Å². The Kier molecular flexibility index (Phi) is 7.71. The minimum Gasteiger partial charge on any atom is -0.456 e. The van der Waals surface area contributed by atoms with Gasteiger partial charge in [0.05, 0.1) is 6.42 Å². The predicted octanol–water partition coefficient (Wildman–Crippen LogP) is 3.85. The van der Waals surface area contributed by atoms with Crippen LogP contribution in [0.15, 0.2) is 48.5 Å². The third-order valence-corrected chi connectivity index (χ3v) is 5.37. The second-order valence-electron chi connectivity index (χ2n) is 6.94. The molecule has 3 rings (SSSR count). The number of carbonyl (C=O) groups excluding carboxylic acids is 3. The Labute approximate surface area is 185 Å². The maximum atomic E-state index is 12.3. The zero-order valence-electron chi connectivity index (χ0n) is 16.4. The molecule has 158 valence electrons. The van der Waals surface area contributed by atoms with Crippen molar-refractivity contribution in [2.75, 3.05) is 37.7 Å². The molecule has 0 atom stereocenters. The zero-order chi connectivity index (χ0) is 21.5. The Balaban J connectivity index is 1.37. The number of hydrogen-bond acceptors (Lipinski definition) is 5. The van der Waals surface area contributed by atoms with Gasteiger partial charge < -0.3 is 14.5 Å². The number of nitrogens with zero attached hydrogens (tertiary/aromatic N) is 2. The second-order valence-corrected chi connectivity index (χ2v) is 7.81. The number of benzene rings is 2. The van der Waals surface area contributed by atoms with E-state index in [1.165, 1.54) is 0 Å². The highest BCUT2D eigenvalue weighted by atomic mass is 35.5. The summed E-state index contributed by atoms with van der Waals surface area (Å²) in [7, 11) is 0. The lowest BCUT2D eigenvalue weighted by molar-refractivity contribution is -0.152. The fourth-order valence-electron chi connectivity index (χ4n) is 3.19. The van der Waals surface area contributed by atoms with E-state index in [0.717, 1.165) is 5.69 Å². The van der Waals surface area contributed by atoms with Gasteiger partial charge in [0.15, 0.2) is 12.4 Å². The summed E-state index contributed by atoms with van der Waals surface area (Å²) in [5.41, 5.74) is 1.51. The highest BCUT2D eigenvalue weighted by Crippen LogP contribution is 2.20. The van der Waals surface area contributed by atoms with E-state index in [1.54, 1.807) is 29.2 Å². The molecule has 1 saturated heterocycles. The van der Waals surface area contributed by atoms with Gasteiger partial charge in [-0.25, -0.2) is 0 Å². The minimum atomic E-state index is -0.566. The average Bonchev–Trinajstić information content (AvgIpc) is 2.76. The fourth-order valence-corrected chi connectivity index (χ4v) is 3.50. The highest BCUT2D eigenvalue weighted by Gasteiger charge is 2.22. The zero-order valence-corrected chi connectivity index (χ0v) is 17.9. The molecule has 1 heterocycles. The molecule has 1 aliphatic heterocycles. The molecule has 0 aliphatic carbocycles. The van der Waals surface area contributed by atoms with Gasteiger partial charge in [0.25, 0.3) is 5.91 Å². The quantitative estimate of drug-likeness (QED) is 0.475. The van der Waals surface area contributed by atoms with Crippen molar-refractivity contribution in [2.45, 2.75) is 12.8 Å². The normalized spacial score (nSPS) is 13.8. The lowest BCUT2D eigenvalue weighted by Gasteiger charge is -2.36. The molecular formula is C22H22Cl2N2O4. The smallest absolute Gasteiger partial charge is 0.306 e. The Morgan fingerprint density at radius 2 is 1.57 bits per heavy atom. The van der Waals surface area contributed by atoms with Crippen LogP contribution in [-0.2, 0) is 14.3 Å². The van der Waals surface area contributed by atoms with Crippen LogP contribution >= 0.6 is 23.2 Å². The SMILES string of the molecule is O=C(CCC(=O)c1ccc(Cl)cc1)OCC(=O)N1CCN(c2cccc(Cl)c2)CC1. The van der Waals surface area contributed by atoms with Crippen molar-refractivity contribution in [3.8, 4) is 0 Å². The molecule has 8 heteroatoms. The summed E-state index contributed by atoms with van der Waals surface area (Å²) < 4.78 is 5.06. The van der Waals surface area contributed by atoms with Crippen molar-refractivity contribution in [2.24, 2.45) is 0 Å². The Morgan fingerprint density at radius 1 is 0.867 bits per heavy atom. The average molecular weight is 449 g/mol. The highest BCUT2D eigenvalue weighted by molar-refractivity contribution is 6.31. The molecule has 2 aromatic carbocycles. The van der Waals surface area contributed by atoms with E-state index in [2.05, 4.69) is 4.90 Å². The Hall–Kier alpha value is -2.57. The summed E-state index contributed by atoms with van der Waals surface area (Å²) in [6, 6.07) is 14.1. The molecule has 0 radical (unpaired) electrons. The van der Waals surface area contributed by atoms with Crippen LogP contribution in [-0.4, -0.2) is 55.3 Å². The van der Waals surface area contributed by atoms with Crippen LogP contribution in [0.2, 0.25) is 10.0 Å². The number of esters is 1. The van der Waals surface area contributed by atoms with Gasteiger partial charge in [0, 0.05) is 53.9 Å². The van der Waals surface area contributed by atoms with Gasteiger partial charge in [-0.2, -0.15) is 0 Å². The number of ether oxygens (including phenoxy) is 1. The van der Waals surface area contributed by atoms with Crippen LogP contribution in [0.1, 0.15) is 23.2 Å². The third kappa shape index (κ3) is 6.21. The largest absolute Gasteiger partial charge is 0.456 e. The van der Waals surface area contributed by atoms with Crippen LogP contribution < -0.4 is 4.90 Å². The summed E-state index contributed by atoms with van der Waals surface area (Å²) in [6.07, 6.45) is -0.0513. The van der Waals surface area contributed by atoms with Crippen LogP contribution in [0.3, 0.4) is 0 Å². The molecule has 0 saturated carbocycles. The van der Waals surface area contributed by atoms with E-state index in [1.807, 2.05) is 24.3 Å². The van der Waals surface area contributed by atoms with E-state index in [4.69, 9.17) is 27.9 Å². The van der Waals surface area contributed by atoms with Crippen molar-refractivity contribution in [1.82, 2.24) is 4.90 Å². The van der Waals surface area contributed by atoms with Crippen LogP contribution in [0.5, 0.6) is 0 Å². The number of anilines is 1. The lowest BCUT2D eigenvalue weighted by atomic mass is 10.1. The number of Topliss-reactive ketones (excluding diaryl/α,β-unsaturated/α-hetero) is 1. The first kappa shape index (κ1) is 22.1. The van der Waals surface area contributed by atoms with Gasteiger partial charge in [0.2, 0.25) is 0 Å². The first-order valence-electron chi connectivity index (χ1n) is 9.65. The van der Waals surface area contributed by atoms with Gasteiger partial charge in [-0.1, -0.05) is 29.3 Å². The van der Waals surface area contributed by atoms with Crippen molar-refractivity contribution < 1.29 is 19.1 Å². The second kappa shape index (κ2) is 10.5. The van der Waals surface area contributed by atoms with E-state index >= 15 is 0 Å². The number of halogens is 2. The van der Waals surface area contributed by atoms with E-state index in [9.17, 15) is 14.4 Å². The summed E-state index contributed by atoms with van der Waals surface area (Å²) in [6.45, 7) is 2.12. The number of ketones is 1. The molecule has 0 unspecified atom stereocenters.